The predicted molar refractivity (Wildman–Crippen MR) is 88.9 cm³/mol. The smallest absolute Gasteiger partial charge is 0.194 e. The SMILES string of the molecule is COc1ccc(C(=O)/C=C/c2c(C)nc3sc(C)cn23)cc1. The summed E-state index contributed by atoms with van der Waals surface area (Å²) in [5, 5.41) is 0. The first-order chi connectivity index (χ1) is 10.6. The highest BCUT2D eigenvalue weighted by molar-refractivity contribution is 7.17. The summed E-state index contributed by atoms with van der Waals surface area (Å²) in [7, 11) is 1.60. The van der Waals surface area contributed by atoms with Crippen LogP contribution >= 0.6 is 11.3 Å². The molecule has 0 fully saturated rings. The van der Waals surface area contributed by atoms with Gasteiger partial charge in [-0.05, 0) is 50.3 Å². The molecule has 0 saturated carbocycles. The lowest BCUT2D eigenvalue weighted by molar-refractivity contribution is 0.104. The maximum Gasteiger partial charge on any atom is 0.194 e. The number of imidazole rings is 1. The number of hydrogen-bond acceptors (Lipinski definition) is 4. The van der Waals surface area contributed by atoms with Gasteiger partial charge in [-0.25, -0.2) is 4.98 Å². The Bertz CT molecular complexity index is 857. The fourth-order valence-corrected chi connectivity index (χ4v) is 3.17. The number of carbonyl (C=O) groups excluding carboxylic acids is 1. The Labute approximate surface area is 132 Å². The Morgan fingerprint density at radius 1 is 1.27 bits per heavy atom. The lowest BCUT2D eigenvalue weighted by Crippen LogP contribution is -1.95. The van der Waals surface area contributed by atoms with Crippen LogP contribution in [0.3, 0.4) is 0 Å². The van der Waals surface area contributed by atoms with Crippen molar-refractivity contribution in [1.29, 1.82) is 0 Å². The van der Waals surface area contributed by atoms with Gasteiger partial charge in [0.1, 0.15) is 5.75 Å². The van der Waals surface area contributed by atoms with Gasteiger partial charge in [0.25, 0.3) is 0 Å². The quantitative estimate of drug-likeness (QED) is 0.542. The van der Waals surface area contributed by atoms with Gasteiger partial charge in [-0.1, -0.05) is 0 Å². The number of rotatable bonds is 4. The van der Waals surface area contributed by atoms with Crippen molar-refractivity contribution >= 4 is 28.2 Å². The van der Waals surface area contributed by atoms with Crippen molar-refractivity contribution in [3.63, 3.8) is 0 Å². The van der Waals surface area contributed by atoms with Crippen LogP contribution < -0.4 is 4.74 Å². The Morgan fingerprint density at radius 3 is 2.68 bits per heavy atom. The molecule has 0 atom stereocenters. The van der Waals surface area contributed by atoms with Gasteiger partial charge < -0.3 is 4.74 Å². The van der Waals surface area contributed by atoms with Gasteiger partial charge in [0.2, 0.25) is 0 Å². The minimum Gasteiger partial charge on any atom is -0.497 e. The van der Waals surface area contributed by atoms with Crippen LogP contribution in [0.4, 0.5) is 0 Å². The number of ether oxygens (including phenoxy) is 1. The summed E-state index contributed by atoms with van der Waals surface area (Å²) in [5.41, 5.74) is 2.50. The molecule has 0 radical (unpaired) electrons. The van der Waals surface area contributed by atoms with E-state index < -0.39 is 0 Å². The summed E-state index contributed by atoms with van der Waals surface area (Å²) in [6, 6.07) is 7.09. The molecule has 0 aliphatic heterocycles. The fraction of sp³-hybridized carbons (Fsp3) is 0.176. The number of ketones is 1. The molecule has 0 amide bonds. The molecule has 2 aromatic heterocycles. The van der Waals surface area contributed by atoms with Crippen molar-refractivity contribution in [3.8, 4) is 5.75 Å². The second-order valence-electron chi connectivity index (χ2n) is 5.00. The molecular formula is C17H16N2O2S. The van der Waals surface area contributed by atoms with E-state index >= 15 is 0 Å². The van der Waals surface area contributed by atoms with Gasteiger partial charge >= 0.3 is 0 Å². The number of hydrogen-bond donors (Lipinski definition) is 0. The highest BCUT2D eigenvalue weighted by Gasteiger charge is 2.09. The number of aryl methyl sites for hydroxylation is 2. The molecule has 0 N–H and O–H groups in total. The van der Waals surface area contributed by atoms with Crippen molar-refractivity contribution in [1.82, 2.24) is 9.38 Å². The third-order valence-corrected chi connectivity index (χ3v) is 4.33. The van der Waals surface area contributed by atoms with Gasteiger partial charge in [0, 0.05) is 16.6 Å². The van der Waals surface area contributed by atoms with E-state index in [-0.39, 0.29) is 5.78 Å². The molecule has 22 heavy (non-hydrogen) atoms. The average Bonchev–Trinajstić information content (AvgIpc) is 3.00. The van der Waals surface area contributed by atoms with Gasteiger partial charge in [-0.15, -0.1) is 11.3 Å². The van der Waals surface area contributed by atoms with Crippen molar-refractivity contribution in [2.75, 3.05) is 7.11 Å². The van der Waals surface area contributed by atoms with E-state index in [1.54, 1.807) is 48.8 Å². The van der Waals surface area contributed by atoms with Crippen LogP contribution in [0.15, 0.2) is 36.5 Å². The molecule has 0 unspecified atom stereocenters. The maximum absolute atomic E-state index is 12.2. The molecule has 0 aliphatic carbocycles. The van der Waals surface area contributed by atoms with Crippen LogP contribution in [-0.2, 0) is 0 Å². The number of carbonyl (C=O) groups is 1. The summed E-state index contributed by atoms with van der Waals surface area (Å²) >= 11 is 1.64. The highest BCUT2D eigenvalue weighted by Crippen LogP contribution is 2.21. The van der Waals surface area contributed by atoms with Crippen molar-refractivity contribution in [2.45, 2.75) is 13.8 Å². The lowest BCUT2D eigenvalue weighted by Gasteiger charge is -2.00. The maximum atomic E-state index is 12.2. The number of benzene rings is 1. The minimum atomic E-state index is -0.0380. The monoisotopic (exact) mass is 312 g/mol. The lowest BCUT2D eigenvalue weighted by atomic mass is 10.1. The number of allylic oxidation sites excluding steroid dienone is 1. The van der Waals surface area contributed by atoms with E-state index in [9.17, 15) is 4.79 Å². The zero-order valence-corrected chi connectivity index (χ0v) is 13.5. The first-order valence-electron chi connectivity index (χ1n) is 6.90. The van der Waals surface area contributed by atoms with Gasteiger partial charge in [0.05, 0.1) is 18.5 Å². The summed E-state index contributed by atoms with van der Waals surface area (Å²) in [6.45, 7) is 4.00. The standard InChI is InChI=1S/C17H16N2O2S/c1-11-10-19-15(12(2)18-17(19)22-11)8-9-16(20)13-4-6-14(21-3)7-5-13/h4-10H,1-3H3/b9-8+. The van der Waals surface area contributed by atoms with E-state index in [2.05, 4.69) is 4.98 Å². The van der Waals surface area contributed by atoms with E-state index in [0.717, 1.165) is 22.1 Å². The van der Waals surface area contributed by atoms with Crippen LogP contribution in [-0.4, -0.2) is 22.3 Å². The summed E-state index contributed by atoms with van der Waals surface area (Å²) < 4.78 is 7.12. The molecule has 0 aliphatic rings. The summed E-state index contributed by atoms with van der Waals surface area (Å²) in [5.74, 6) is 0.701. The number of thiazole rings is 1. The molecule has 5 heteroatoms. The molecule has 1 aromatic carbocycles. The second-order valence-corrected chi connectivity index (χ2v) is 6.22. The van der Waals surface area contributed by atoms with Crippen LogP contribution in [0, 0.1) is 13.8 Å². The van der Waals surface area contributed by atoms with E-state index in [0.29, 0.717) is 5.56 Å². The Morgan fingerprint density at radius 2 is 2.00 bits per heavy atom. The summed E-state index contributed by atoms with van der Waals surface area (Å²) in [4.78, 5) is 18.9. The first-order valence-corrected chi connectivity index (χ1v) is 7.71. The molecule has 0 bridgehead atoms. The molecule has 2 heterocycles. The van der Waals surface area contributed by atoms with E-state index in [1.165, 1.54) is 4.88 Å². The number of fused-ring (bicyclic) bond motifs is 1. The number of aromatic nitrogens is 2. The van der Waals surface area contributed by atoms with Crippen molar-refractivity contribution in [2.24, 2.45) is 0 Å². The van der Waals surface area contributed by atoms with Crippen molar-refractivity contribution in [3.05, 3.63) is 58.4 Å². The van der Waals surface area contributed by atoms with Gasteiger partial charge in [-0.3, -0.25) is 9.20 Å². The predicted octanol–water partition coefficient (Wildman–Crippen LogP) is 3.92. The zero-order valence-electron chi connectivity index (χ0n) is 12.7. The Kier molecular flexibility index (Phi) is 3.81. The topological polar surface area (TPSA) is 43.6 Å². The molecule has 3 aromatic rings. The van der Waals surface area contributed by atoms with E-state index in [1.807, 2.05) is 30.5 Å². The zero-order chi connectivity index (χ0) is 15.7. The number of nitrogens with zero attached hydrogens (tertiary/aromatic N) is 2. The van der Waals surface area contributed by atoms with Crippen molar-refractivity contribution < 1.29 is 9.53 Å². The fourth-order valence-electron chi connectivity index (χ4n) is 2.29. The van der Waals surface area contributed by atoms with Crippen LogP contribution in [0.5, 0.6) is 5.75 Å². The molecule has 0 saturated heterocycles. The molecule has 112 valence electrons. The Hall–Kier alpha value is -2.40. The van der Waals surface area contributed by atoms with E-state index in [4.69, 9.17) is 4.74 Å². The van der Waals surface area contributed by atoms with Crippen LogP contribution in [0.1, 0.15) is 26.6 Å². The normalized spacial score (nSPS) is 11.4. The third-order valence-electron chi connectivity index (χ3n) is 3.43. The van der Waals surface area contributed by atoms with Gasteiger partial charge in [-0.2, -0.15) is 0 Å². The average molecular weight is 312 g/mol. The van der Waals surface area contributed by atoms with Crippen LogP contribution in [0.25, 0.3) is 11.0 Å². The Balaban J connectivity index is 1.88. The number of methoxy groups -OCH3 is 1. The molecule has 3 rings (SSSR count). The molecule has 4 nitrogen and oxygen atoms in total. The third kappa shape index (κ3) is 2.67. The second kappa shape index (κ2) is 5.77. The highest BCUT2D eigenvalue weighted by atomic mass is 32.1. The van der Waals surface area contributed by atoms with Crippen LogP contribution in [0.2, 0.25) is 0 Å². The summed E-state index contributed by atoms with van der Waals surface area (Å²) in [6.07, 6.45) is 5.46. The first kappa shape index (κ1) is 14.5. The van der Waals surface area contributed by atoms with Gasteiger partial charge in [0.15, 0.2) is 10.7 Å². The largest absolute Gasteiger partial charge is 0.497 e. The minimum absolute atomic E-state index is 0.0380. The molecule has 0 spiro atoms. The molecular weight excluding hydrogens is 296 g/mol.